The van der Waals surface area contributed by atoms with E-state index in [1.54, 1.807) is 0 Å². The van der Waals surface area contributed by atoms with E-state index in [0.717, 1.165) is 5.25 Å². The molecule has 0 spiro atoms. The minimum Gasteiger partial charge on any atom is -0.316 e. The van der Waals surface area contributed by atoms with Gasteiger partial charge in [-0.05, 0) is 25.5 Å². The summed E-state index contributed by atoms with van der Waals surface area (Å²) in [5.74, 6) is 3.96. The Kier molecular flexibility index (Phi) is 5.75. The molecule has 2 unspecified atom stereocenters. The lowest BCUT2D eigenvalue weighted by Crippen LogP contribution is -2.39. The Labute approximate surface area is 113 Å². The van der Waals surface area contributed by atoms with Gasteiger partial charge < -0.3 is 5.32 Å². The first-order valence-electron chi connectivity index (χ1n) is 6.30. The van der Waals surface area contributed by atoms with Gasteiger partial charge in [-0.1, -0.05) is 30.3 Å². The van der Waals surface area contributed by atoms with Gasteiger partial charge in [0.2, 0.25) is 0 Å². The van der Waals surface area contributed by atoms with Crippen molar-refractivity contribution in [2.45, 2.75) is 24.1 Å². The van der Waals surface area contributed by atoms with E-state index in [4.69, 9.17) is 0 Å². The van der Waals surface area contributed by atoms with Crippen LogP contribution in [0.2, 0.25) is 0 Å². The van der Waals surface area contributed by atoms with E-state index in [0.29, 0.717) is 6.04 Å². The fraction of sp³-hybridized carbons (Fsp3) is 0.571. The van der Waals surface area contributed by atoms with Crippen LogP contribution in [0.3, 0.4) is 0 Å². The molecule has 1 aromatic carbocycles. The van der Waals surface area contributed by atoms with Gasteiger partial charge in [-0.25, -0.2) is 0 Å². The topological polar surface area (TPSA) is 12.0 Å². The van der Waals surface area contributed by atoms with Crippen molar-refractivity contribution in [3.05, 3.63) is 35.9 Å². The van der Waals surface area contributed by atoms with E-state index in [9.17, 15) is 0 Å². The first kappa shape index (κ1) is 13.3. The molecule has 0 bridgehead atoms. The molecule has 2 atom stereocenters. The lowest BCUT2D eigenvalue weighted by molar-refractivity contribution is 0.521. The predicted molar refractivity (Wildman–Crippen MR) is 81.2 cm³/mol. The van der Waals surface area contributed by atoms with Gasteiger partial charge in [-0.2, -0.15) is 23.5 Å². The lowest BCUT2D eigenvalue weighted by Gasteiger charge is -2.29. The molecule has 94 valence electrons. The molecule has 1 nitrogen and oxygen atoms in total. The number of benzene rings is 1. The van der Waals surface area contributed by atoms with Gasteiger partial charge in [0.15, 0.2) is 0 Å². The fourth-order valence-corrected chi connectivity index (χ4v) is 5.19. The van der Waals surface area contributed by atoms with Gasteiger partial charge in [0.05, 0.1) is 0 Å². The summed E-state index contributed by atoms with van der Waals surface area (Å²) in [5, 5.41) is 4.30. The van der Waals surface area contributed by atoms with Crippen molar-refractivity contribution in [2.75, 3.05) is 24.3 Å². The Bertz CT molecular complexity index is 309. The van der Waals surface area contributed by atoms with Crippen LogP contribution < -0.4 is 5.32 Å². The lowest BCUT2D eigenvalue weighted by atomic mass is 10.0. The summed E-state index contributed by atoms with van der Waals surface area (Å²) in [4.78, 5) is 0. The van der Waals surface area contributed by atoms with Crippen molar-refractivity contribution < 1.29 is 0 Å². The quantitative estimate of drug-likeness (QED) is 0.880. The highest BCUT2D eigenvalue weighted by Gasteiger charge is 2.22. The maximum absolute atomic E-state index is 3.51. The zero-order valence-corrected chi connectivity index (χ0v) is 12.0. The van der Waals surface area contributed by atoms with Gasteiger partial charge in [0, 0.05) is 28.6 Å². The summed E-state index contributed by atoms with van der Waals surface area (Å²) >= 11 is 4.26. The molecule has 1 fully saturated rings. The summed E-state index contributed by atoms with van der Waals surface area (Å²) in [6.07, 6.45) is 2.44. The van der Waals surface area contributed by atoms with Crippen LogP contribution in [-0.4, -0.2) is 35.6 Å². The molecule has 0 radical (unpaired) electrons. The third-order valence-corrected chi connectivity index (χ3v) is 6.17. The second-order valence-corrected chi connectivity index (χ2v) is 6.90. The number of rotatable bonds is 5. The molecule has 3 heteroatoms. The Hall–Kier alpha value is -0.120. The van der Waals surface area contributed by atoms with Crippen molar-refractivity contribution in [2.24, 2.45) is 0 Å². The third-order valence-electron chi connectivity index (χ3n) is 3.25. The summed E-state index contributed by atoms with van der Waals surface area (Å²) in [7, 11) is 2.11. The average Bonchev–Trinajstić information content (AvgIpc) is 2.42. The Morgan fingerprint density at radius 2 is 2.12 bits per heavy atom. The van der Waals surface area contributed by atoms with Crippen molar-refractivity contribution in [1.29, 1.82) is 0 Å². The first-order valence-corrected chi connectivity index (χ1v) is 8.51. The van der Waals surface area contributed by atoms with Crippen LogP contribution in [0.25, 0.3) is 0 Å². The number of aryl methyl sites for hydroxylation is 1. The SMILES string of the molecule is CNC(CCc1ccccc1)C1CSCCS1. The molecular formula is C14H21NS2. The molecule has 17 heavy (non-hydrogen) atoms. The van der Waals surface area contributed by atoms with Crippen LogP contribution in [0.15, 0.2) is 30.3 Å². The smallest absolute Gasteiger partial charge is 0.0291 e. The minimum atomic E-state index is 0.660. The molecule has 0 aromatic heterocycles. The third kappa shape index (κ3) is 4.23. The summed E-state index contributed by atoms with van der Waals surface area (Å²) < 4.78 is 0. The largest absolute Gasteiger partial charge is 0.316 e. The Morgan fingerprint density at radius 1 is 1.29 bits per heavy atom. The van der Waals surface area contributed by atoms with Crippen molar-refractivity contribution in [3.8, 4) is 0 Å². The first-order chi connectivity index (χ1) is 8.40. The molecule has 1 aliphatic rings. The van der Waals surface area contributed by atoms with E-state index in [1.807, 2.05) is 0 Å². The van der Waals surface area contributed by atoms with Gasteiger partial charge >= 0.3 is 0 Å². The highest BCUT2D eigenvalue weighted by atomic mass is 32.2. The van der Waals surface area contributed by atoms with Crippen molar-refractivity contribution >= 4 is 23.5 Å². The highest BCUT2D eigenvalue weighted by molar-refractivity contribution is 8.06. The van der Waals surface area contributed by atoms with Crippen LogP contribution in [0, 0.1) is 0 Å². The molecule has 1 N–H and O–H groups in total. The van der Waals surface area contributed by atoms with E-state index >= 15 is 0 Å². The van der Waals surface area contributed by atoms with Crippen LogP contribution in [0.5, 0.6) is 0 Å². The molecule has 1 aliphatic heterocycles. The highest BCUT2D eigenvalue weighted by Crippen LogP contribution is 2.28. The zero-order valence-electron chi connectivity index (χ0n) is 10.4. The molecular weight excluding hydrogens is 246 g/mol. The Morgan fingerprint density at radius 3 is 2.76 bits per heavy atom. The number of hydrogen-bond donors (Lipinski definition) is 1. The molecule has 1 heterocycles. The van der Waals surface area contributed by atoms with E-state index in [-0.39, 0.29) is 0 Å². The fourth-order valence-electron chi connectivity index (χ4n) is 2.22. The van der Waals surface area contributed by atoms with Crippen LogP contribution in [-0.2, 0) is 6.42 Å². The van der Waals surface area contributed by atoms with Crippen molar-refractivity contribution in [3.63, 3.8) is 0 Å². The molecule has 1 saturated heterocycles. The maximum Gasteiger partial charge on any atom is 0.0291 e. The molecule has 1 aromatic rings. The van der Waals surface area contributed by atoms with E-state index in [1.165, 1.54) is 35.7 Å². The van der Waals surface area contributed by atoms with Crippen LogP contribution in [0.1, 0.15) is 12.0 Å². The monoisotopic (exact) mass is 267 g/mol. The normalized spacial score (nSPS) is 22.3. The molecule has 0 saturated carbocycles. The maximum atomic E-state index is 3.51. The minimum absolute atomic E-state index is 0.660. The van der Waals surface area contributed by atoms with E-state index in [2.05, 4.69) is 66.2 Å². The second kappa shape index (κ2) is 7.34. The standard InChI is InChI=1S/C14H21NS2/c1-15-13(14-11-16-9-10-17-14)8-7-12-5-3-2-4-6-12/h2-6,13-15H,7-11H2,1H3. The van der Waals surface area contributed by atoms with Crippen LogP contribution in [0.4, 0.5) is 0 Å². The molecule has 0 amide bonds. The molecule has 2 rings (SSSR count). The Balaban J connectivity index is 1.82. The number of hydrogen-bond acceptors (Lipinski definition) is 3. The van der Waals surface area contributed by atoms with Crippen molar-refractivity contribution in [1.82, 2.24) is 5.32 Å². The summed E-state index contributed by atoms with van der Waals surface area (Å²) in [6, 6.07) is 11.5. The van der Waals surface area contributed by atoms with E-state index < -0.39 is 0 Å². The number of nitrogens with one attached hydrogen (secondary N) is 1. The van der Waals surface area contributed by atoms with Gasteiger partial charge in [0.1, 0.15) is 0 Å². The molecule has 0 aliphatic carbocycles. The second-order valence-electron chi connectivity index (χ2n) is 4.40. The van der Waals surface area contributed by atoms with Gasteiger partial charge in [-0.3, -0.25) is 0 Å². The zero-order chi connectivity index (χ0) is 11.9. The van der Waals surface area contributed by atoms with Gasteiger partial charge in [-0.15, -0.1) is 0 Å². The predicted octanol–water partition coefficient (Wildman–Crippen LogP) is 3.06. The summed E-state index contributed by atoms with van der Waals surface area (Å²) in [6.45, 7) is 0. The number of thioether (sulfide) groups is 2. The van der Waals surface area contributed by atoms with Gasteiger partial charge in [0.25, 0.3) is 0 Å². The summed E-state index contributed by atoms with van der Waals surface area (Å²) in [5.41, 5.74) is 1.46. The van der Waals surface area contributed by atoms with Crippen LogP contribution >= 0.6 is 23.5 Å². The average molecular weight is 267 g/mol.